The molecule has 1 aliphatic rings. The summed E-state index contributed by atoms with van der Waals surface area (Å²) in [5.41, 5.74) is 0. The zero-order chi connectivity index (χ0) is 14.5. The summed E-state index contributed by atoms with van der Waals surface area (Å²) in [4.78, 5) is 13.0. The van der Waals surface area contributed by atoms with E-state index in [0.29, 0.717) is 12.3 Å². The number of carbonyl (C=O) groups is 1. The molecule has 0 bridgehead atoms. The fourth-order valence-electron chi connectivity index (χ4n) is 2.49. The van der Waals surface area contributed by atoms with Crippen LogP contribution >= 0.6 is 11.8 Å². The number of ether oxygens (including phenoxy) is 1. The van der Waals surface area contributed by atoms with Crippen molar-refractivity contribution in [1.29, 1.82) is 0 Å². The van der Waals surface area contributed by atoms with Gasteiger partial charge in [0.25, 0.3) is 0 Å². The highest BCUT2D eigenvalue weighted by molar-refractivity contribution is 8.00. The van der Waals surface area contributed by atoms with Crippen LogP contribution in [0, 0.1) is 0 Å². The van der Waals surface area contributed by atoms with Gasteiger partial charge in [-0.05, 0) is 35.7 Å². The van der Waals surface area contributed by atoms with Gasteiger partial charge in [0.15, 0.2) is 0 Å². The quantitative estimate of drug-likeness (QED) is 0.862. The number of hydrogen-bond donors (Lipinski definition) is 1. The van der Waals surface area contributed by atoms with Crippen molar-refractivity contribution in [3.63, 3.8) is 0 Å². The maximum atomic E-state index is 11.8. The number of fused-ring (bicyclic) bond motifs is 1. The number of hydrogen-bond acceptors (Lipinski definition) is 3. The van der Waals surface area contributed by atoms with Crippen molar-refractivity contribution >= 4 is 28.4 Å². The summed E-state index contributed by atoms with van der Waals surface area (Å²) in [6.45, 7) is 1.46. The second kappa shape index (κ2) is 6.96. The topological polar surface area (TPSA) is 38.3 Å². The Kier molecular flexibility index (Phi) is 4.78. The highest BCUT2D eigenvalue weighted by Crippen LogP contribution is 2.23. The molecule has 3 nitrogen and oxygen atoms in total. The molecule has 1 heterocycles. The zero-order valence-electron chi connectivity index (χ0n) is 11.9. The van der Waals surface area contributed by atoms with Crippen LogP contribution in [-0.2, 0) is 9.53 Å². The van der Waals surface area contributed by atoms with E-state index in [2.05, 4.69) is 35.6 Å². The third kappa shape index (κ3) is 3.99. The molecule has 0 saturated carbocycles. The molecule has 1 aliphatic heterocycles. The van der Waals surface area contributed by atoms with Crippen molar-refractivity contribution in [3.05, 3.63) is 42.5 Å². The van der Waals surface area contributed by atoms with Crippen LogP contribution in [0.5, 0.6) is 0 Å². The maximum absolute atomic E-state index is 11.8. The molecule has 0 aromatic heterocycles. The monoisotopic (exact) mass is 301 g/mol. The molecule has 1 atom stereocenters. The molecule has 4 heteroatoms. The van der Waals surface area contributed by atoms with Gasteiger partial charge in [-0.2, -0.15) is 0 Å². The summed E-state index contributed by atoms with van der Waals surface area (Å²) in [5.74, 6) is 0.522. The Morgan fingerprint density at radius 1 is 1.24 bits per heavy atom. The van der Waals surface area contributed by atoms with Crippen LogP contribution in [0.4, 0.5) is 0 Å². The van der Waals surface area contributed by atoms with E-state index in [-0.39, 0.29) is 12.0 Å². The van der Waals surface area contributed by atoms with Gasteiger partial charge in [-0.15, -0.1) is 11.8 Å². The van der Waals surface area contributed by atoms with Crippen LogP contribution in [0.15, 0.2) is 47.4 Å². The molecule has 1 fully saturated rings. The standard InChI is InChI=1S/C17H19NO2S/c19-17(18-11-15-6-3-9-20-15)12-21-16-8-7-13-4-1-2-5-14(13)10-16/h1-2,4-5,7-8,10,15H,3,6,9,11-12H2,(H,18,19). The normalized spacial score (nSPS) is 18.0. The predicted molar refractivity (Wildman–Crippen MR) is 86.7 cm³/mol. The summed E-state index contributed by atoms with van der Waals surface area (Å²) in [6, 6.07) is 14.6. The van der Waals surface area contributed by atoms with Crippen molar-refractivity contribution in [2.45, 2.75) is 23.8 Å². The van der Waals surface area contributed by atoms with Crippen LogP contribution in [-0.4, -0.2) is 30.9 Å². The number of rotatable bonds is 5. The predicted octanol–water partition coefficient (Wildman–Crippen LogP) is 3.23. The molecule has 0 aliphatic carbocycles. The summed E-state index contributed by atoms with van der Waals surface area (Å²) in [5, 5.41) is 5.38. The molecule has 1 amide bonds. The molecule has 3 rings (SSSR count). The van der Waals surface area contributed by atoms with Crippen LogP contribution < -0.4 is 5.32 Å². The minimum absolute atomic E-state index is 0.0728. The molecule has 1 N–H and O–H groups in total. The lowest BCUT2D eigenvalue weighted by molar-refractivity contribution is -0.119. The SMILES string of the molecule is O=C(CSc1ccc2ccccc2c1)NCC1CCCO1. The van der Waals surface area contributed by atoms with Gasteiger partial charge < -0.3 is 10.1 Å². The molecule has 110 valence electrons. The van der Waals surface area contributed by atoms with Crippen LogP contribution in [0.2, 0.25) is 0 Å². The van der Waals surface area contributed by atoms with Gasteiger partial charge in [0.05, 0.1) is 11.9 Å². The van der Waals surface area contributed by atoms with Crippen LogP contribution in [0.1, 0.15) is 12.8 Å². The molecule has 1 unspecified atom stereocenters. The number of amides is 1. The Labute approximate surface area is 129 Å². The molecular formula is C17H19NO2S. The summed E-state index contributed by atoms with van der Waals surface area (Å²) < 4.78 is 5.49. The van der Waals surface area contributed by atoms with E-state index in [1.165, 1.54) is 10.8 Å². The second-order valence-corrected chi connectivity index (χ2v) is 6.29. The fraction of sp³-hybridized carbons (Fsp3) is 0.353. The van der Waals surface area contributed by atoms with Crippen LogP contribution in [0.3, 0.4) is 0 Å². The van der Waals surface area contributed by atoms with Crippen LogP contribution in [0.25, 0.3) is 10.8 Å². The molecule has 2 aromatic rings. The van der Waals surface area contributed by atoms with Gasteiger partial charge >= 0.3 is 0 Å². The second-order valence-electron chi connectivity index (χ2n) is 5.24. The average Bonchev–Trinajstić information content (AvgIpc) is 3.04. The minimum Gasteiger partial charge on any atom is -0.376 e. The Balaban J connectivity index is 1.49. The van der Waals surface area contributed by atoms with Gasteiger partial charge in [-0.3, -0.25) is 4.79 Å². The van der Waals surface area contributed by atoms with Crippen molar-refractivity contribution in [1.82, 2.24) is 5.32 Å². The third-order valence-corrected chi connectivity index (χ3v) is 4.64. The largest absolute Gasteiger partial charge is 0.376 e. The van der Waals surface area contributed by atoms with Crippen molar-refractivity contribution in [3.8, 4) is 0 Å². The highest BCUT2D eigenvalue weighted by Gasteiger charge is 2.16. The Morgan fingerprint density at radius 2 is 2.10 bits per heavy atom. The first-order valence-corrected chi connectivity index (χ1v) is 8.30. The summed E-state index contributed by atoms with van der Waals surface area (Å²) in [7, 11) is 0. The molecular weight excluding hydrogens is 282 g/mol. The molecule has 2 aromatic carbocycles. The Hall–Kier alpha value is -1.52. The lowest BCUT2D eigenvalue weighted by Crippen LogP contribution is -2.32. The smallest absolute Gasteiger partial charge is 0.230 e. The van der Waals surface area contributed by atoms with E-state index in [4.69, 9.17) is 4.74 Å². The van der Waals surface area contributed by atoms with E-state index < -0.39 is 0 Å². The van der Waals surface area contributed by atoms with E-state index in [1.54, 1.807) is 11.8 Å². The first-order valence-electron chi connectivity index (χ1n) is 7.31. The summed E-state index contributed by atoms with van der Waals surface area (Å²) in [6.07, 6.45) is 2.37. The Morgan fingerprint density at radius 3 is 2.90 bits per heavy atom. The first-order chi connectivity index (χ1) is 10.3. The number of nitrogens with one attached hydrogen (secondary N) is 1. The van der Waals surface area contributed by atoms with E-state index in [9.17, 15) is 4.79 Å². The van der Waals surface area contributed by atoms with Crippen molar-refractivity contribution in [2.24, 2.45) is 0 Å². The number of benzene rings is 2. The molecule has 21 heavy (non-hydrogen) atoms. The van der Waals surface area contributed by atoms with E-state index in [1.807, 2.05) is 12.1 Å². The van der Waals surface area contributed by atoms with E-state index >= 15 is 0 Å². The van der Waals surface area contributed by atoms with Gasteiger partial charge in [0, 0.05) is 18.0 Å². The lowest BCUT2D eigenvalue weighted by Gasteiger charge is -2.10. The number of thioether (sulfide) groups is 1. The average molecular weight is 301 g/mol. The van der Waals surface area contributed by atoms with Crippen molar-refractivity contribution in [2.75, 3.05) is 18.9 Å². The zero-order valence-corrected chi connectivity index (χ0v) is 12.7. The van der Waals surface area contributed by atoms with Gasteiger partial charge in [-0.25, -0.2) is 0 Å². The molecule has 0 radical (unpaired) electrons. The lowest BCUT2D eigenvalue weighted by atomic mass is 10.1. The Bertz CT molecular complexity index is 623. The fourth-order valence-corrected chi connectivity index (χ4v) is 3.26. The summed E-state index contributed by atoms with van der Waals surface area (Å²) >= 11 is 1.57. The van der Waals surface area contributed by atoms with Gasteiger partial charge in [0.1, 0.15) is 0 Å². The van der Waals surface area contributed by atoms with Crippen molar-refractivity contribution < 1.29 is 9.53 Å². The molecule has 0 spiro atoms. The molecule has 1 saturated heterocycles. The third-order valence-electron chi connectivity index (χ3n) is 3.64. The van der Waals surface area contributed by atoms with Gasteiger partial charge in [0.2, 0.25) is 5.91 Å². The van der Waals surface area contributed by atoms with E-state index in [0.717, 1.165) is 24.3 Å². The number of carbonyl (C=O) groups excluding carboxylic acids is 1. The maximum Gasteiger partial charge on any atom is 0.230 e. The van der Waals surface area contributed by atoms with Gasteiger partial charge in [-0.1, -0.05) is 30.3 Å². The minimum atomic E-state index is 0.0728. The highest BCUT2D eigenvalue weighted by atomic mass is 32.2. The first kappa shape index (κ1) is 14.4.